The first-order valence-electron chi connectivity index (χ1n) is 7.60. The third-order valence-corrected chi connectivity index (χ3v) is 4.52. The molecule has 1 unspecified atom stereocenters. The summed E-state index contributed by atoms with van der Waals surface area (Å²) in [6, 6.07) is 0.538. The summed E-state index contributed by atoms with van der Waals surface area (Å²) in [6.45, 7) is 6.49. The zero-order valence-corrected chi connectivity index (χ0v) is 13.5. The van der Waals surface area contributed by atoms with Gasteiger partial charge in [0.1, 0.15) is 11.3 Å². The molecule has 1 aliphatic carbocycles. The number of imidazole rings is 1. The lowest BCUT2D eigenvalue weighted by Crippen LogP contribution is -2.27. The van der Waals surface area contributed by atoms with Crippen LogP contribution in [0.3, 0.4) is 0 Å². The number of rotatable bonds is 4. The number of aryl methyl sites for hydroxylation is 2. The summed E-state index contributed by atoms with van der Waals surface area (Å²) >= 11 is 6.37. The van der Waals surface area contributed by atoms with E-state index in [1.807, 2.05) is 18.7 Å². The normalized spacial score (nSPS) is 24.1. The Balaban J connectivity index is 2.16. The molecule has 0 N–H and O–H groups in total. The predicted molar refractivity (Wildman–Crippen MR) is 82.2 cm³/mol. The van der Waals surface area contributed by atoms with Crippen molar-refractivity contribution in [1.82, 2.24) is 19.3 Å². The molecule has 3 rings (SSSR count). The summed E-state index contributed by atoms with van der Waals surface area (Å²) < 4.78 is 4.33. The second kappa shape index (κ2) is 5.06. The molecule has 5 heteroatoms. The van der Waals surface area contributed by atoms with Gasteiger partial charge in [0.25, 0.3) is 0 Å². The van der Waals surface area contributed by atoms with Gasteiger partial charge in [-0.2, -0.15) is 5.10 Å². The molecule has 20 heavy (non-hydrogen) atoms. The average molecular weight is 295 g/mol. The fourth-order valence-electron chi connectivity index (χ4n) is 3.34. The number of hydrogen-bond donors (Lipinski definition) is 0. The van der Waals surface area contributed by atoms with E-state index < -0.39 is 0 Å². The molecule has 2 aromatic heterocycles. The van der Waals surface area contributed by atoms with Gasteiger partial charge in [-0.25, -0.2) is 4.98 Å². The number of nitrogens with zero attached hydrogens (tertiary/aromatic N) is 4. The van der Waals surface area contributed by atoms with Gasteiger partial charge in [0.15, 0.2) is 5.65 Å². The Morgan fingerprint density at radius 2 is 2.10 bits per heavy atom. The quantitative estimate of drug-likeness (QED) is 0.799. The molecule has 0 bridgehead atoms. The van der Waals surface area contributed by atoms with Crippen molar-refractivity contribution in [2.45, 2.75) is 57.9 Å². The van der Waals surface area contributed by atoms with Crippen LogP contribution in [0.5, 0.6) is 0 Å². The van der Waals surface area contributed by atoms with E-state index in [0.717, 1.165) is 41.4 Å². The van der Waals surface area contributed by atoms with E-state index in [1.54, 1.807) is 0 Å². The molecule has 1 aliphatic rings. The van der Waals surface area contributed by atoms with Crippen molar-refractivity contribution in [3.05, 3.63) is 11.5 Å². The topological polar surface area (TPSA) is 35.6 Å². The summed E-state index contributed by atoms with van der Waals surface area (Å²) in [5.74, 6) is 1.81. The van der Waals surface area contributed by atoms with Crippen LogP contribution in [0, 0.1) is 5.92 Å². The Bertz CT molecular complexity index is 619. The summed E-state index contributed by atoms with van der Waals surface area (Å²) in [4.78, 5) is 4.83. The molecular formula is C15H23ClN4. The Hall–Kier alpha value is -1.03. The van der Waals surface area contributed by atoms with Crippen molar-refractivity contribution in [3.8, 4) is 0 Å². The molecule has 1 saturated carbocycles. The molecule has 0 spiro atoms. The maximum absolute atomic E-state index is 6.37. The zero-order valence-electron chi connectivity index (χ0n) is 12.7. The Kier molecular flexibility index (Phi) is 3.53. The molecule has 1 atom stereocenters. The van der Waals surface area contributed by atoms with Crippen molar-refractivity contribution < 1.29 is 0 Å². The lowest BCUT2D eigenvalue weighted by atomic mass is 9.81. The summed E-state index contributed by atoms with van der Waals surface area (Å²) in [5, 5.41) is 4.59. The van der Waals surface area contributed by atoms with Crippen LogP contribution >= 0.6 is 11.6 Å². The van der Waals surface area contributed by atoms with Crippen molar-refractivity contribution in [1.29, 1.82) is 0 Å². The van der Waals surface area contributed by atoms with Crippen LogP contribution in [0.2, 0.25) is 0 Å². The summed E-state index contributed by atoms with van der Waals surface area (Å²) in [5.41, 5.74) is 3.30. The first-order chi connectivity index (χ1) is 9.52. The molecular weight excluding hydrogens is 272 g/mol. The Morgan fingerprint density at radius 3 is 2.65 bits per heavy atom. The number of hydrogen-bond acceptors (Lipinski definition) is 2. The molecule has 0 aromatic carbocycles. The van der Waals surface area contributed by atoms with Crippen molar-refractivity contribution in [3.63, 3.8) is 0 Å². The maximum atomic E-state index is 6.37. The molecule has 2 heterocycles. The van der Waals surface area contributed by atoms with Gasteiger partial charge >= 0.3 is 0 Å². The molecule has 4 nitrogen and oxygen atoms in total. The number of alkyl halides is 1. The van der Waals surface area contributed by atoms with E-state index in [0.29, 0.717) is 6.04 Å². The van der Waals surface area contributed by atoms with Crippen LogP contribution in [-0.2, 0) is 13.5 Å². The molecule has 2 aromatic rings. The minimum absolute atomic E-state index is 0.0622. The van der Waals surface area contributed by atoms with E-state index in [-0.39, 0.29) is 5.38 Å². The second-order valence-corrected chi connectivity index (χ2v) is 6.83. The van der Waals surface area contributed by atoms with E-state index in [9.17, 15) is 0 Å². The third-order valence-electron chi connectivity index (χ3n) is 4.32. The minimum atomic E-state index is -0.0622. The largest absolute Gasteiger partial charge is 0.309 e. The van der Waals surface area contributed by atoms with Gasteiger partial charge in [-0.3, -0.25) is 4.68 Å². The van der Waals surface area contributed by atoms with Crippen LogP contribution in [-0.4, -0.2) is 19.3 Å². The van der Waals surface area contributed by atoms with Gasteiger partial charge in [-0.1, -0.05) is 20.3 Å². The summed E-state index contributed by atoms with van der Waals surface area (Å²) in [6.07, 6.45) is 4.50. The molecule has 0 amide bonds. The standard InChI is InChI=1S/C15H23ClN4/c1-5-6-12-13-15(19(4)18-12)20(11-7-9(2)8-11)14(17-13)10(3)16/h9-11H,5-8H2,1-4H3. The first-order valence-corrected chi connectivity index (χ1v) is 8.04. The van der Waals surface area contributed by atoms with E-state index >= 15 is 0 Å². The molecule has 0 radical (unpaired) electrons. The van der Waals surface area contributed by atoms with Gasteiger partial charge in [0.2, 0.25) is 0 Å². The lowest BCUT2D eigenvalue weighted by Gasteiger charge is -2.35. The van der Waals surface area contributed by atoms with Crippen LogP contribution in [0.25, 0.3) is 11.2 Å². The van der Waals surface area contributed by atoms with Gasteiger partial charge in [-0.05, 0) is 32.1 Å². The molecule has 110 valence electrons. The van der Waals surface area contributed by atoms with Crippen LogP contribution in [0.1, 0.15) is 63.0 Å². The van der Waals surface area contributed by atoms with Crippen molar-refractivity contribution in [2.24, 2.45) is 13.0 Å². The van der Waals surface area contributed by atoms with Gasteiger partial charge in [-0.15, -0.1) is 11.6 Å². The highest BCUT2D eigenvalue weighted by Gasteiger charge is 2.33. The fourth-order valence-corrected chi connectivity index (χ4v) is 3.49. The third kappa shape index (κ3) is 2.05. The summed E-state index contributed by atoms with van der Waals surface area (Å²) in [7, 11) is 2.02. The zero-order chi connectivity index (χ0) is 14.4. The molecule has 0 aliphatic heterocycles. The van der Waals surface area contributed by atoms with Gasteiger partial charge in [0, 0.05) is 13.1 Å². The highest BCUT2D eigenvalue weighted by molar-refractivity contribution is 6.20. The Labute approximate surface area is 125 Å². The lowest BCUT2D eigenvalue weighted by molar-refractivity contribution is 0.214. The SMILES string of the molecule is CCCc1nn(C)c2c1nc(C(C)Cl)n2C1CC(C)C1. The monoisotopic (exact) mass is 294 g/mol. The second-order valence-electron chi connectivity index (χ2n) is 6.18. The fraction of sp³-hybridized carbons (Fsp3) is 0.733. The maximum Gasteiger partial charge on any atom is 0.158 e. The van der Waals surface area contributed by atoms with Crippen LogP contribution in [0.15, 0.2) is 0 Å². The van der Waals surface area contributed by atoms with E-state index in [1.165, 1.54) is 12.8 Å². The number of halogens is 1. The highest BCUT2D eigenvalue weighted by Crippen LogP contribution is 2.42. The molecule has 1 fully saturated rings. The average Bonchev–Trinajstić information content (AvgIpc) is 2.86. The highest BCUT2D eigenvalue weighted by atomic mass is 35.5. The van der Waals surface area contributed by atoms with Gasteiger partial charge in [0.05, 0.1) is 11.1 Å². The first kappa shape index (κ1) is 13.9. The number of aromatic nitrogens is 4. The van der Waals surface area contributed by atoms with Crippen molar-refractivity contribution >= 4 is 22.8 Å². The van der Waals surface area contributed by atoms with Crippen LogP contribution in [0.4, 0.5) is 0 Å². The smallest absolute Gasteiger partial charge is 0.158 e. The van der Waals surface area contributed by atoms with Crippen molar-refractivity contribution in [2.75, 3.05) is 0 Å². The Morgan fingerprint density at radius 1 is 1.40 bits per heavy atom. The van der Waals surface area contributed by atoms with E-state index in [4.69, 9.17) is 16.6 Å². The van der Waals surface area contributed by atoms with E-state index in [2.05, 4.69) is 23.5 Å². The predicted octanol–water partition coefficient (Wildman–Crippen LogP) is 3.99. The van der Waals surface area contributed by atoms with Gasteiger partial charge < -0.3 is 4.57 Å². The molecule has 0 saturated heterocycles. The minimum Gasteiger partial charge on any atom is -0.309 e. The van der Waals surface area contributed by atoms with Crippen LogP contribution < -0.4 is 0 Å². The number of fused-ring (bicyclic) bond motifs is 1.